The second-order valence-corrected chi connectivity index (χ2v) is 6.83. The molecule has 1 heterocycles. The van der Waals surface area contributed by atoms with Gasteiger partial charge >= 0.3 is 0 Å². The van der Waals surface area contributed by atoms with Crippen LogP contribution in [0.5, 0.6) is 0 Å². The maximum absolute atomic E-state index is 12.4. The van der Waals surface area contributed by atoms with Gasteiger partial charge in [0.15, 0.2) is 0 Å². The van der Waals surface area contributed by atoms with Gasteiger partial charge in [-0.2, -0.15) is 0 Å². The first kappa shape index (κ1) is 15.9. The number of carbonyl (C=O) groups is 2. The average molecular weight is 316 g/mol. The zero-order valence-corrected chi connectivity index (χ0v) is 13.2. The van der Waals surface area contributed by atoms with Gasteiger partial charge in [-0.05, 0) is 49.1 Å². The molecule has 0 saturated heterocycles. The number of nitrogens with two attached hydrogens (primary N) is 2. The number of hydrogen-bond acceptors (Lipinski definition) is 4. The Morgan fingerprint density at radius 2 is 1.91 bits per heavy atom. The highest BCUT2D eigenvalue weighted by Crippen LogP contribution is 2.41. The molecule has 2 atom stereocenters. The van der Waals surface area contributed by atoms with Crippen molar-refractivity contribution in [1.29, 1.82) is 0 Å². The summed E-state index contributed by atoms with van der Waals surface area (Å²) in [4.78, 5) is 27.4. The SMILES string of the molecule is NC(=O)c1ccc(CNC(=O)C2CC3CCCC(C2)C3N)cn1. The maximum atomic E-state index is 12.4. The Hall–Kier alpha value is -1.95. The van der Waals surface area contributed by atoms with Crippen LogP contribution in [-0.4, -0.2) is 22.8 Å². The summed E-state index contributed by atoms with van der Waals surface area (Å²) in [5.74, 6) is 0.617. The predicted molar refractivity (Wildman–Crippen MR) is 86.1 cm³/mol. The number of nitrogens with zero attached hydrogens (tertiary/aromatic N) is 1. The Bertz CT molecular complexity index is 573. The van der Waals surface area contributed by atoms with Gasteiger partial charge in [-0.25, -0.2) is 0 Å². The van der Waals surface area contributed by atoms with E-state index in [0.29, 0.717) is 18.4 Å². The summed E-state index contributed by atoms with van der Waals surface area (Å²) >= 11 is 0. The quantitative estimate of drug-likeness (QED) is 0.768. The van der Waals surface area contributed by atoms with Crippen LogP contribution in [-0.2, 0) is 11.3 Å². The first-order valence-corrected chi connectivity index (χ1v) is 8.32. The molecule has 2 amide bonds. The highest BCUT2D eigenvalue weighted by atomic mass is 16.2. The third-order valence-electron chi connectivity index (χ3n) is 5.33. The zero-order valence-electron chi connectivity index (χ0n) is 13.2. The van der Waals surface area contributed by atoms with E-state index in [1.54, 1.807) is 18.3 Å². The number of fused-ring (bicyclic) bond motifs is 2. The molecule has 0 aromatic carbocycles. The fourth-order valence-corrected chi connectivity index (χ4v) is 4.01. The minimum atomic E-state index is -0.550. The van der Waals surface area contributed by atoms with Crippen molar-refractivity contribution in [2.75, 3.05) is 0 Å². The van der Waals surface area contributed by atoms with E-state index in [9.17, 15) is 9.59 Å². The molecule has 0 radical (unpaired) electrons. The van der Waals surface area contributed by atoms with Crippen LogP contribution >= 0.6 is 0 Å². The van der Waals surface area contributed by atoms with Gasteiger partial charge < -0.3 is 16.8 Å². The fraction of sp³-hybridized carbons (Fsp3) is 0.588. The Morgan fingerprint density at radius 3 is 2.48 bits per heavy atom. The zero-order chi connectivity index (χ0) is 16.4. The van der Waals surface area contributed by atoms with Crippen molar-refractivity contribution in [3.8, 4) is 0 Å². The molecule has 2 fully saturated rings. The molecule has 1 aromatic heterocycles. The largest absolute Gasteiger partial charge is 0.364 e. The number of nitrogens with one attached hydrogen (secondary N) is 1. The molecule has 2 aliphatic carbocycles. The average Bonchev–Trinajstić information content (AvgIpc) is 2.52. The number of amides is 2. The normalized spacial score (nSPS) is 29.8. The van der Waals surface area contributed by atoms with Gasteiger partial charge in [-0.3, -0.25) is 14.6 Å². The van der Waals surface area contributed by atoms with Crippen molar-refractivity contribution in [3.05, 3.63) is 29.6 Å². The lowest BCUT2D eigenvalue weighted by Gasteiger charge is -2.43. The van der Waals surface area contributed by atoms with Crippen molar-refractivity contribution in [2.24, 2.45) is 29.2 Å². The molecule has 0 spiro atoms. The molecule has 2 bridgehead atoms. The van der Waals surface area contributed by atoms with E-state index in [1.807, 2.05) is 0 Å². The molecule has 2 saturated carbocycles. The molecule has 1 aromatic rings. The highest BCUT2D eigenvalue weighted by Gasteiger charge is 2.40. The van der Waals surface area contributed by atoms with Crippen LogP contribution in [0.2, 0.25) is 0 Å². The lowest BCUT2D eigenvalue weighted by atomic mass is 9.65. The van der Waals surface area contributed by atoms with Crippen LogP contribution in [0.4, 0.5) is 0 Å². The molecule has 23 heavy (non-hydrogen) atoms. The molecule has 2 aliphatic rings. The van der Waals surface area contributed by atoms with Crippen molar-refractivity contribution < 1.29 is 9.59 Å². The van der Waals surface area contributed by atoms with Gasteiger partial charge in [0, 0.05) is 24.7 Å². The molecule has 3 rings (SSSR count). The summed E-state index contributed by atoms with van der Waals surface area (Å²) in [5, 5.41) is 2.99. The van der Waals surface area contributed by atoms with Crippen LogP contribution in [0.1, 0.15) is 48.2 Å². The van der Waals surface area contributed by atoms with Crippen molar-refractivity contribution in [3.63, 3.8) is 0 Å². The van der Waals surface area contributed by atoms with E-state index in [1.165, 1.54) is 6.42 Å². The van der Waals surface area contributed by atoms with Crippen molar-refractivity contribution in [2.45, 2.75) is 44.7 Å². The number of pyridine rings is 1. The van der Waals surface area contributed by atoms with E-state index in [0.717, 1.165) is 31.2 Å². The number of aromatic nitrogens is 1. The number of rotatable bonds is 4. The Kier molecular flexibility index (Phi) is 4.61. The molecule has 124 valence electrons. The van der Waals surface area contributed by atoms with E-state index in [-0.39, 0.29) is 23.6 Å². The Labute approximate surface area is 136 Å². The second kappa shape index (κ2) is 6.66. The number of primary amides is 1. The summed E-state index contributed by atoms with van der Waals surface area (Å²) in [7, 11) is 0. The monoisotopic (exact) mass is 316 g/mol. The van der Waals surface area contributed by atoms with E-state index >= 15 is 0 Å². The standard InChI is InChI=1S/C17H24N4O2/c18-15-11-2-1-3-12(15)7-13(6-11)17(23)21-9-10-4-5-14(16(19)22)20-8-10/h4-5,8,11-13,15H,1-3,6-7,9,18H2,(H2,19,22)(H,21,23). The molecule has 2 unspecified atom stereocenters. The smallest absolute Gasteiger partial charge is 0.267 e. The van der Waals surface area contributed by atoms with Gasteiger partial charge in [0.2, 0.25) is 5.91 Å². The van der Waals surface area contributed by atoms with E-state index in [4.69, 9.17) is 11.5 Å². The highest BCUT2D eigenvalue weighted by molar-refractivity contribution is 5.90. The Morgan fingerprint density at radius 1 is 1.22 bits per heavy atom. The van der Waals surface area contributed by atoms with Gasteiger partial charge in [0.05, 0.1) is 0 Å². The minimum Gasteiger partial charge on any atom is -0.364 e. The van der Waals surface area contributed by atoms with E-state index < -0.39 is 5.91 Å². The van der Waals surface area contributed by atoms with Crippen LogP contribution < -0.4 is 16.8 Å². The van der Waals surface area contributed by atoms with Crippen molar-refractivity contribution in [1.82, 2.24) is 10.3 Å². The van der Waals surface area contributed by atoms with Crippen LogP contribution in [0.25, 0.3) is 0 Å². The van der Waals surface area contributed by atoms with Gasteiger partial charge in [-0.1, -0.05) is 12.5 Å². The van der Waals surface area contributed by atoms with Crippen LogP contribution in [0.3, 0.4) is 0 Å². The topological polar surface area (TPSA) is 111 Å². The first-order chi connectivity index (χ1) is 11.0. The molecule has 6 nitrogen and oxygen atoms in total. The third kappa shape index (κ3) is 3.52. The van der Waals surface area contributed by atoms with E-state index in [2.05, 4.69) is 10.3 Å². The third-order valence-corrected chi connectivity index (χ3v) is 5.33. The van der Waals surface area contributed by atoms with Crippen molar-refractivity contribution >= 4 is 11.8 Å². The van der Waals surface area contributed by atoms with Gasteiger partial charge in [-0.15, -0.1) is 0 Å². The first-order valence-electron chi connectivity index (χ1n) is 8.32. The fourth-order valence-electron chi connectivity index (χ4n) is 4.01. The molecule has 6 heteroatoms. The lowest BCUT2D eigenvalue weighted by molar-refractivity contribution is -0.128. The summed E-state index contributed by atoms with van der Waals surface area (Å²) < 4.78 is 0. The number of carbonyl (C=O) groups excluding carboxylic acids is 2. The van der Waals surface area contributed by atoms with Gasteiger partial charge in [0.1, 0.15) is 5.69 Å². The predicted octanol–water partition coefficient (Wildman–Crippen LogP) is 0.950. The second-order valence-electron chi connectivity index (χ2n) is 6.83. The molecule has 0 aliphatic heterocycles. The van der Waals surface area contributed by atoms with Crippen LogP contribution in [0, 0.1) is 17.8 Å². The number of hydrogen-bond donors (Lipinski definition) is 3. The minimum absolute atomic E-state index is 0.0722. The summed E-state index contributed by atoms with van der Waals surface area (Å²) in [5.41, 5.74) is 12.5. The maximum Gasteiger partial charge on any atom is 0.267 e. The summed E-state index contributed by atoms with van der Waals surface area (Å²) in [6.45, 7) is 0.419. The molecule has 5 N–H and O–H groups in total. The Balaban J connectivity index is 1.54. The summed E-state index contributed by atoms with van der Waals surface area (Å²) in [6.07, 6.45) is 6.94. The lowest BCUT2D eigenvalue weighted by Crippen LogP contribution is -2.49. The molecular formula is C17H24N4O2. The summed E-state index contributed by atoms with van der Waals surface area (Å²) in [6, 6.07) is 3.62. The molecular weight excluding hydrogens is 292 g/mol. The van der Waals surface area contributed by atoms with Crippen LogP contribution in [0.15, 0.2) is 18.3 Å². The van der Waals surface area contributed by atoms with Gasteiger partial charge in [0.25, 0.3) is 5.91 Å².